The van der Waals surface area contributed by atoms with Gasteiger partial charge in [-0.1, -0.05) is 20.3 Å². The van der Waals surface area contributed by atoms with Crippen LogP contribution < -0.4 is 5.32 Å². The second-order valence-corrected chi connectivity index (χ2v) is 5.66. The first-order valence-corrected chi connectivity index (χ1v) is 7.29. The van der Waals surface area contributed by atoms with E-state index in [0.717, 1.165) is 6.04 Å². The van der Waals surface area contributed by atoms with Crippen molar-refractivity contribution >= 4 is 0 Å². The zero-order chi connectivity index (χ0) is 11.4. The van der Waals surface area contributed by atoms with E-state index in [9.17, 15) is 0 Å². The van der Waals surface area contributed by atoms with Crippen LogP contribution in [-0.4, -0.2) is 36.1 Å². The Morgan fingerprint density at radius 2 is 1.81 bits per heavy atom. The van der Waals surface area contributed by atoms with Crippen LogP contribution in [0.5, 0.6) is 0 Å². The highest BCUT2D eigenvalue weighted by molar-refractivity contribution is 4.95. The van der Waals surface area contributed by atoms with Gasteiger partial charge in [0.15, 0.2) is 0 Å². The Hall–Kier alpha value is -0.0800. The van der Waals surface area contributed by atoms with E-state index in [1.807, 2.05) is 0 Å². The molecule has 2 nitrogen and oxygen atoms in total. The Morgan fingerprint density at radius 3 is 2.44 bits per heavy atom. The van der Waals surface area contributed by atoms with E-state index in [4.69, 9.17) is 0 Å². The van der Waals surface area contributed by atoms with Gasteiger partial charge in [-0.25, -0.2) is 0 Å². The maximum atomic E-state index is 3.77. The minimum Gasteiger partial charge on any atom is -0.311 e. The number of rotatable bonds is 3. The largest absolute Gasteiger partial charge is 0.311 e. The maximum absolute atomic E-state index is 3.77. The summed E-state index contributed by atoms with van der Waals surface area (Å²) >= 11 is 0. The molecule has 2 heteroatoms. The number of nitrogens with one attached hydrogen (secondary N) is 1. The number of hydrogen-bond donors (Lipinski definition) is 1. The van der Waals surface area contributed by atoms with E-state index in [1.165, 1.54) is 64.6 Å². The summed E-state index contributed by atoms with van der Waals surface area (Å²) in [6.07, 6.45) is 9.61. The minimum atomic E-state index is 0.445. The fourth-order valence-corrected chi connectivity index (χ4v) is 3.51. The van der Waals surface area contributed by atoms with Crippen molar-refractivity contribution in [2.24, 2.45) is 0 Å². The lowest BCUT2D eigenvalue weighted by Gasteiger charge is -2.46. The van der Waals surface area contributed by atoms with Gasteiger partial charge in [-0.15, -0.1) is 0 Å². The summed E-state index contributed by atoms with van der Waals surface area (Å²) < 4.78 is 0. The van der Waals surface area contributed by atoms with E-state index in [-0.39, 0.29) is 0 Å². The molecule has 0 aliphatic carbocycles. The molecule has 0 aromatic rings. The van der Waals surface area contributed by atoms with E-state index in [1.54, 1.807) is 0 Å². The molecule has 16 heavy (non-hydrogen) atoms. The van der Waals surface area contributed by atoms with Crippen molar-refractivity contribution in [3.63, 3.8) is 0 Å². The molecule has 2 rings (SSSR count). The highest BCUT2D eigenvalue weighted by Gasteiger charge is 2.35. The third kappa shape index (κ3) is 2.60. The van der Waals surface area contributed by atoms with Gasteiger partial charge < -0.3 is 10.2 Å². The SMILES string of the molecule is CCC1(CC)CC(N2CCCCC2)CCN1. The van der Waals surface area contributed by atoms with Crippen molar-refractivity contribution in [1.29, 1.82) is 0 Å². The quantitative estimate of drug-likeness (QED) is 0.793. The number of piperidine rings is 2. The molecule has 0 amide bonds. The van der Waals surface area contributed by atoms with Gasteiger partial charge in [0.1, 0.15) is 0 Å². The minimum absolute atomic E-state index is 0.445. The lowest BCUT2D eigenvalue weighted by atomic mass is 9.81. The van der Waals surface area contributed by atoms with Gasteiger partial charge in [0, 0.05) is 11.6 Å². The normalized spacial score (nSPS) is 31.5. The molecule has 2 aliphatic heterocycles. The Labute approximate surface area is 101 Å². The summed E-state index contributed by atoms with van der Waals surface area (Å²) in [5, 5.41) is 3.77. The van der Waals surface area contributed by atoms with Crippen LogP contribution in [0.2, 0.25) is 0 Å². The van der Waals surface area contributed by atoms with Crippen LogP contribution in [-0.2, 0) is 0 Å². The van der Waals surface area contributed by atoms with Crippen molar-refractivity contribution in [2.75, 3.05) is 19.6 Å². The number of hydrogen-bond acceptors (Lipinski definition) is 2. The molecular weight excluding hydrogens is 196 g/mol. The first-order valence-electron chi connectivity index (χ1n) is 7.29. The van der Waals surface area contributed by atoms with Gasteiger partial charge in [-0.2, -0.15) is 0 Å². The van der Waals surface area contributed by atoms with Gasteiger partial charge in [0.05, 0.1) is 0 Å². The maximum Gasteiger partial charge on any atom is 0.0191 e. The summed E-state index contributed by atoms with van der Waals surface area (Å²) in [6, 6.07) is 0.862. The second-order valence-electron chi connectivity index (χ2n) is 5.66. The van der Waals surface area contributed by atoms with Crippen LogP contribution in [0.1, 0.15) is 58.8 Å². The molecule has 0 spiro atoms. The molecule has 1 N–H and O–H groups in total. The van der Waals surface area contributed by atoms with Crippen molar-refractivity contribution < 1.29 is 0 Å². The Morgan fingerprint density at radius 1 is 1.12 bits per heavy atom. The van der Waals surface area contributed by atoms with E-state index < -0.39 is 0 Å². The van der Waals surface area contributed by atoms with Crippen molar-refractivity contribution in [3.8, 4) is 0 Å². The predicted molar refractivity (Wildman–Crippen MR) is 69.8 cm³/mol. The molecule has 0 bridgehead atoms. The summed E-state index contributed by atoms with van der Waals surface area (Å²) in [5.41, 5.74) is 0.445. The van der Waals surface area contributed by atoms with Gasteiger partial charge in [-0.3, -0.25) is 0 Å². The van der Waals surface area contributed by atoms with E-state index in [2.05, 4.69) is 24.1 Å². The average Bonchev–Trinajstić information content (AvgIpc) is 2.40. The van der Waals surface area contributed by atoms with Gasteiger partial charge in [0.25, 0.3) is 0 Å². The Kier molecular flexibility index (Phi) is 4.26. The number of likely N-dealkylation sites (tertiary alicyclic amines) is 1. The zero-order valence-corrected chi connectivity index (χ0v) is 11.1. The first-order chi connectivity index (χ1) is 7.79. The van der Waals surface area contributed by atoms with Crippen LogP contribution in [0.3, 0.4) is 0 Å². The van der Waals surface area contributed by atoms with Crippen LogP contribution >= 0.6 is 0 Å². The smallest absolute Gasteiger partial charge is 0.0191 e. The summed E-state index contributed by atoms with van der Waals surface area (Å²) in [5.74, 6) is 0. The molecule has 1 unspecified atom stereocenters. The monoisotopic (exact) mass is 224 g/mol. The van der Waals surface area contributed by atoms with Crippen molar-refractivity contribution in [2.45, 2.75) is 70.4 Å². The van der Waals surface area contributed by atoms with Crippen LogP contribution in [0.4, 0.5) is 0 Å². The second kappa shape index (κ2) is 5.50. The fourth-order valence-electron chi connectivity index (χ4n) is 3.51. The molecule has 0 radical (unpaired) electrons. The third-order valence-corrected chi connectivity index (χ3v) is 4.86. The van der Waals surface area contributed by atoms with E-state index >= 15 is 0 Å². The van der Waals surface area contributed by atoms with Crippen molar-refractivity contribution in [1.82, 2.24) is 10.2 Å². The van der Waals surface area contributed by atoms with Crippen LogP contribution in [0.25, 0.3) is 0 Å². The zero-order valence-electron chi connectivity index (χ0n) is 11.1. The van der Waals surface area contributed by atoms with Gasteiger partial charge in [-0.05, 0) is 58.2 Å². The van der Waals surface area contributed by atoms with Crippen LogP contribution in [0.15, 0.2) is 0 Å². The fraction of sp³-hybridized carbons (Fsp3) is 1.00. The van der Waals surface area contributed by atoms with E-state index in [0.29, 0.717) is 5.54 Å². The molecular formula is C14H28N2. The predicted octanol–water partition coefficient (Wildman–Crippen LogP) is 2.78. The lowest BCUT2D eigenvalue weighted by Crippen LogP contribution is -2.56. The summed E-state index contributed by atoms with van der Waals surface area (Å²) in [6.45, 7) is 8.62. The van der Waals surface area contributed by atoms with Crippen LogP contribution in [0, 0.1) is 0 Å². The third-order valence-electron chi connectivity index (χ3n) is 4.86. The van der Waals surface area contributed by atoms with Crippen molar-refractivity contribution in [3.05, 3.63) is 0 Å². The molecule has 0 saturated carbocycles. The highest BCUT2D eigenvalue weighted by atomic mass is 15.2. The Bertz CT molecular complexity index is 205. The average molecular weight is 224 g/mol. The molecule has 1 atom stereocenters. The molecule has 0 aromatic carbocycles. The highest BCUT2D eigenvalue weighted by Crippen LogP contribution is 2.30. The van der Waals surface area contributed by atoms with Gasteiger partial charge in [0.2, 0.25) is 0 Å². The first kappa shape index (κ1) is 12.4. The molecule has 2 fully saturated rings. The standard InChI is InChI=1S/C14H28N2/c1-3-14(4-2)12-13(8-9-15-14)16-10-6-5-7-11-16/h13,15H,3-12H2,1-2H3. The topological polar surface area (TPSA) is 15.3 Å². The molecule has 2 aliphatic rings. The Balaban J connectivity index is 1.94. The molecule has 2 saturated heterocycles. The van der Waals surface area contributed by atoms with Gasteiger partial charge >= 0.3 is 0 Å². The lowest BCUT2D eigenvalue weighted by molar-refractivity contribution is 0.0848. The molecule has 2 heterocycles. The number of nitrogens with zero attached hydrogens (tertiary/aromatic N) is 1. The molecule has 94 valence electrons. The summed E-state index contributed by atoms with van der Waals surface area (Å²) in [7, 11) is 0. The molecule has 0 aromatic heterocycles. The summed E-state index contributed by atoms with van der Waals surface area (Å²) in [4.78, 5) is 2.77.